The lowest BCUT2D eigenvalue weighted by atomic mass is 10.3. The van der Waals surface area contributed by atoms with Crippen LogP contribution in [0.1, 0.15) is 13.8 Å². The molecule has 0 aliphatic carbocycles. The Labute approximate surface area is 73.5 Å². The van der Waals surface area contributed by atoms with Gasteiger partial charge in [-0.05, 0) is 13.8 Å². The van der Waals surface area contributed by atoms with E-state index in [9.17, 15) is 4.79 Å². The first kappa shape index (κ1) is 10.7. The summed E-state index contributed by atoms with van der Waals surface area (Å²) in [5.74, 6) is -0.115. The normalized spacial score (nSPS) is 8.75. The van der Waals surface area contributed by atoms with Gasteiger partial charge in [0.15, 0.2) is 0 Å². The van der Waals surface area contributed by atoms with E-state index in [0.29, 0.717) is 13.1 Å². The smallest absolute Gasteiger partial charge is 0.303 e. The number of carbonyl (C=O) groups excluding carboxylic acids is 1. The number of carbonyl (C=O) groups is 1. The maximum absolute atomic E-state index is 11.2. The van der Waals surface area contributed by atoms with Gasteiger partial charge < -0.3 is 9.74 Å². The summed E-state index contributed by atoms with van der Waals surface area (Å²) in [6, 6.07) is 0. The molecule has 0 aliphatic heterocycles. The quantitative estimate of drug-likeness (QED) is 0.457. The molecule has 0 aromatic rings. The average molecular weight is 166 g/mol. The number of likely N-dealkylation sites (N-methyl/N-ethyl adjacent to an activating group) is 1. The molecule has 0 saturated heterocycles. The molecule has 0 rings (SSSR count). The molecule has 0 unspecified atom stereocenters. The fraction of sp³-hybridized carbons (Fsp3) is 0.556. The first-order valence-electron chi connectivity index (χ1n) is 3.87. The summed E-state index contributed by atoms with van der Waals surface area (Å²) < 4.78 is 0. The van der Waals surface area contributed by atoms with Crippen molar-refractivity contribution in [2.75, 3.05) is 19.6 Å². The van der Waals surface area contributed by atoms with Crippen LogP contribution in [0.4, 0.5) is 0 Å². The van der Waals surface area contributed by atoms with Crippen LogP contribution in [0.3, 0.4) is 0 Å². The van der Waals surface area contributed by atoms with E-state index in [4.69, 9.17) is 6.57 Å². The van der Waals surface area contributed by atoms with Crippen LogP contribution in [-0.4, -0.2) is 30.4 Å². The van der Waals surface area contributed by atoms with Crippen LogP contribution < -0.4 is 0 Å². The number of rotatable bonds is 4. The van der Waals surface area contributed by atoms with E-state index < -0.39 is 0 Å². The minimum absolute atomic E-state index is 0.0544. The molecule has 0 saturated carbocycles. The predicted molar refractivity (Wildman–Crippen MR) is 48.5 cm³/mol. The van der Waals surface area contributed by atoms with Gasteiger partial charge >= 0.3 is 5.91 Å². The third kappa shape index (κ3) is 3.77. The molecular formula is C9H14N2O. The number of hydrogen-bond donors (Lipinski definition) is 0. The molecular weight excluding hydrogens is 152 g/mol. The van der Waals surface area contributed by atoms with Crippen molar-refractivity contribution < 1.29 is 4.79 Å². The summed E-state index contributed by atoms with van der Waals surface area (Å²) in [5, 5.41) is 0. The van der Waals surface area contributed by atoms with Crippen molar-refractivity contribution in [3.05, 3.63) is 23.6 Å². The second-order valence-electron chi connectivity index (χ2n) is 2.68. The van der Waals surface area contributed by atoms with Crippen LogP contribution in [0.5, 0.6) is 0 Å². The summed E-state index contributed by atoms with van der Waals surface area (Å²) in [5.41, 5.74) is 0.940. The third-order valence-corrected chi connectivity index (χ3v) is 1.41. The van der Waals surface area contributed by atoms with Gasteiger partial charge in [0.25, 0.3) is 6.54 Å². The van der Waals surface area contributed by atoms with Gasteiger partial charge in [-0.15, -0.1) is 0 Å². The number of nitrogens with zero attached hydrogens (tertiary/aromatic N) is 2. The summed E-state index contributed by atoms with van der Waals surface area (Å²) in [7, 11) is 0. The minimum atomic E-state index is -0.115. The van der Waals surface area contributed by atoms with E-state index in [-0.39, 0.29) is 12.5 Å². The first-order valence-corrected chi connectivity index (χ1v) is 3.87. The topological polar surface area (TPSA) is 24.7 Å². The fourth-order valence-electron chi connectivity index (χ4n) is 0.870. The largest absolute Gasteiger partial charge is 0.333 e. The van der Waals surface area contributed by atoms with Crippen molar-refractivity contribution in [2.45, 2.75) is 13.8 Å². The number of hydrogen-bond acceptors (Lipinski definition) is 1. The van der Waals surface area contributed by atoms with Gasteiger partial charge in [-0.2, -0.15) is 0 Å². The summed E-state index contributed by atoms with van der Waals surface area (Å²) >= 11 is 0. The Morgan fingerprint density at radius 3 is 2.58 bits per heavy atom. The van der Waals surface area contributed by atoms with E-state index in [1.54, 1.807) is 4.90 Å². The highest BCUT2D eigenvalue weighted by molar-refractivity contribution is 5.79. The second kappa shape index (κ2) is 5.36. The van der Waals surface area contributed by atoms with Crippen molar-refractivity contribution >= 4 is 5.91 Å². The van der Waals surface area contributed by atoms with Crippen LogP contribution in [0.15, 0.2) is 12.2 Å². The zero-order valence-corrected chi connectivity index (χ0v) is 7.63. The molecule has 0 heterocycles. The highest BCUT2D eigenvalue weighted by Crippen LogP contribution is 1.96. The summed E-state index contributed by atoms with van der Waals surface area (Å²) in [4.78, 5) is 15.8. The Hall–Kier alpha value is -1.30. The molecule has 0 spiro atoms. The minimum Gasteiger partial charge on any atom is -0.333 e. The molecule has 12 heavy (non-hydrogen) atoms. The third-order valence-electron chi connectivity index (χ3n) is 1.41. The standard InChI is InChI=1S/C9H14N2O/c1-5-11(7-8(2)3)9(12)6-10-4/h2,5-7H2,1,3H3. The molecule has 0 aromatic carbocycles. The van der Waals surface area contributed by atoms with Crippen LogP contribution in [-0.2, 0) is 4.79 Å². The summed E-state index contributed by atoms with van der Waals surface area (Å²) in [6.45, 7) is 15.2. The zero-order valence-electron chi connectivity index (χ0n) is 7.63. The van der Waals surface area contributed by atoms with E-state index in [1.165, 1.54) is 0 Å². The number of amides is 1. The molecule has 0 atom stereocenters. The molecule has 0 radical (unpaired) electrons. The van der Waals surface area contributed by atoms with Gasteiger partial charge in [0.2, 0.25) is 0 Å². The van der Waals surface area contributed by atoms with Gasteiger partial charge in [-0.25, -0.2) is 6.57 Å². The fourth-order valence-corrected chi connectivity index (χ4v) is 0.870. The second-order valence-corrected chi connectivity index (χ2v) is 2.68. The Balaban J connectivity index is 4.07. The lowest BCUT2D eigenvalue weighted by Gasteiger charge is -2.17. The predicted octanol–water partition coefficient (Wildman–Crippen LogP) is 1.33. The Morgan fingerprint density at radius 1 is 1.67 bits per heavy atom. The van der Waals surface area contributed by atoms with Crippen LogP contribution in [0.25, 0.3) is 4.85 Å². The maximum Gasteiger partial charge on any atom is 0.303 e. The van der Waals surface area contributed by atoms with E-state index in [1.807, 2.05) is 13.8 Å². The molecule has 66 valence electrons. The Kier molecular flexibility index (Phi) is 4.78. The van der Waals surface area contributed by atoms with E-state index >= 15 is 0 Å². The highest BCUT2D eigenvalue weighted by atomic mass is 16.2. The van der Waals surface area contributed by atoms with Crippen molar-refractivity contribution in [2.24, 2.45) is 0 Å². The molecule has 0 N–H and O–H groups in total. The van der Waals surface area contributed by atoms with Gasteiger partial charge in [-0.3, -0.25) is 4.79 Å². The van der Waals surface area contributed by atoms with Crippen LogP contribution in [0.2, 0.25) is 0 Å². The zero-order chi connectivity index (χ0) is 9.56. The van der Waals surface area contributed by atoms with E-state index in [2.05, 4.69) is 11.4 Å². The molecule has 0 aromatic heterocycles. The molecule has 0 bridgehead atoms. The lowest BCUT2D eigenvalue weighted by Crippen LogP contribution is -2.33. The average Bonchev–Trinajstić information content (AvgIpc) is 2.00. The monoisotopic (exact) mass is 166 g/mol. The van der Waals surface area contributed by atoms with Gasteiger partial charge in [0.05, 0.1) is 0 Å². The van der Waals surface area contributed by atoms with Crippen LogP contribution in [0, 0.1) is 6.57 Å². The highest BCUT2D eigenvalue weighted by Gasteiger charge is 2.12. The van der Waals surface area contributed by atoms with Crippen molar-refractivity contribution in [1.29, 1.82) is 0 Å². The molecule has 1 amide bonds. The van der Waals surface area contributed by atoms with Crippen LogP contribution >= 0.6 is 0 Å². The molecule has 3 heteroatoms. The molecule has 0 aliphatic rings. The Morgan fingerprint density at radius 2 is 2.25 bits per heavy atom. The Bertz CT molecular complexity index is 215. The molecule has 0 fully saturated rings. The van der Waals surface area contributed by atoms with Crippen molar-refractivity contribution in [3.8, 4) is 0 Å². The maximum atomic E-state index is 11.2. The van der Waals surface area contributed by atoms with Gasteiger partial charge in [0, 0.05) is 13.1 Å². The lowest BCUT2D eigenvalue weighted by molar-refractivity contribution is -0.128. The SMILES string of the molecule is [C-]#[N+]CC(=O)N(CC)CC(=C)C. The van der Waals surface area contributed by atoms with Gasteiger partial charge in [-0.1, -0.05) is 12.2 Å². The molecule has 3 nitrogen and oxygen atoms in total. The first-order chi connectivity index (χ1) is 5.61. The van der Waals surface area contributed by atoms with E-state index in [0.717, 1.165) is 5.57 Å². The van der Waals surface area contributed by atoms with Crippen molar-refractivity contribution in [3.63, 3.8) is 0 Å². The summed E-state index contributed by atoms with van der Waals surface area (Å²) in [6.07, 6.45) is 0. The van der Waals surface area contributed by atoms with Gasteiger partial charge in [0.1, 0.15) is 0 Å². The van der Waals surface area contributed by atoms with Crippen molar-refractivity contribution in [1.82, 2.24) is 4.90 Å².